The van der Waals surface area contributed by atoms with Crippen LogP contribution in [0.25, 0.3) is 5.57 Å². The lowest BCUT2D eigenvalue weighted by molar-refractivity contribution is -0.468. The summed E-state index contributed by atoms with van der Waals surface area (Å²) in [6.45, 7) is -0.442. The van der Waals surface area contributed by atoms with Gasteiger partial charge in [0.2, 0.25) is 6.54 Å². The Bertz CT molecular complexity index is 412. The van der Waals surface area contributed by atoms with Gasteiger partial charge in [0.1, 0.15) is 5.75 Å². The van der Waals surface area contributed by atoms with Crippen molar-refractivity contribution >= 4 is 11.9 Å². The van der Waals surface area contributed by atoms with Gasteiger partial charge >= 0.3 is 0 Å². The Morgan fingerprint density at radius 3 is 2.67 bits per heavy atom. The smallest absolute Gasteiger partial charge is 0.223 e. The third kappa shape index (κ3) is 2.91. The summed E-state index contributed by atoms with van der Waals surface area (Å²) in [5.41, 5.74) is 0.416. The molecule has 0 radical (unpaired) electrons. The summed E-state index contributed by atoms with van der Waals surface area (Å²) in [6, 6.07) is 6.18. The zero-order valence-corrected chi connectivity index (χ0v) is 7.79. The van der Waals surface area contributed by atoms with E-state index in [4.69, 9.17) is 0 Å². The molecule has 5 heteroatoms. The molecule has 0 aliphatic rings. The van der Waals surface area contributed by atoms with Crippen LogP contribution in [0.15, 0.2) is 30.3 Å². The van der Waals surface area contributed by atoms with Crippen LogP contribution in [0.3, 0.4) is 0 Å². The van der Waals surface area contributed by atoms with Crippen molar-refractivity contribution in [3.8, 4) is 5.75 Å². The molecule has 0 saturated heterocycles. The fourth-order valence-corrected chi connectivity index (χ4v) is 1.11. The lowest BCUT2D eigenvalue weighted by Gasteiger charge is -2.01. The van der Waals surface area contributed by atoms with E-state index < -0.39 is 11.5 Å². The molecule has 5 nitrogen and oxygen atoms in total. The molecule has 1 aromatic carbocycles. The minimum Gasteiger partial charge on any atom is -0.507 e. The molecule has 0 aliphatic carbocycles. The molecule has 0 unspecified atom stereocenters. The maximum absolute atomic E-state index is 10.7. The van der Waals surface area contributed by atoms with Crippen molar-refractivity contribution < 1.29 is 14.8 Å². The van der Waals surface area contributed by atoms with Gasteiger partial charge in [-0.2, -0.15) is 0 Å². The van der Waals surface area contributed by atoms with Gasteiger partial charge in [0.15, 0.2) is 6.29 Å². The number of benzene rings is 1. The Kier molecular flexibility index (Phi) is 3.56. The number of para-hydroxylation sites is 1. The topological polar surface area (TPSA) is 80.4 Å². The Hall–Kier alpha value is -2.17. The fourth-order valence-electron chi connectivity index (χ4n) is 1.11. The van der Waals surface area contributed by atoms with E-state index in [1.165, 1.54) is 18.2 Å². The van der Waals surface area contributed by atoms with Gasteiger partial charge < -0.3 is 5.11 Å². The van der Waals surface area contributed by atoms with Crippen molar-refractivity contribution in [3.63, 3.8) is 0 Å². The number of aromatic hydroxyl groups is 1. The Morgan fingerprint density at radius 2 is 2.13 bits per heavy atom. The van der Waals surface area contributed by atoms with Gasteiger partial charge in [-0.15, -0.1) is 0 Å². The summed E-state index contributed by atoms with van der Waals surface area (Å²) in [6.07, 6.45) is 1.65. The molecule has 1 aromatic rings. The van der Waals surface area contributed by atoms with Gasteiger partial charge in [-0.1, -0.05) is 18.2 Å². The van der Waals surface area contributed by atoms with E-state index in [1.807, 2.05) is 0 Å². The second-order valence-electron chi connectivity index (χ2n) is 2.81. The number of allylic oxidation sites excluding steroid dienone is 1. The van der Waals surface area contributed by atoms with E-state index in [2.05, 4.69) is 0 Å². The highest BCUT2D eigenvalue weighted by molar-refractivity contribution is 6.07. The fraction of sp³-hybridized carbons (Fsp3) is 0.100. The highest BCUT2D eigenvalue weighted by Gasteiger charge is 2.06. The first-order chi connectivity index (χ1) is 7.15. The first kappa shape index (κ1) is 10.9. The van der Waals surface area contributed by atoms with E-state index in [-0.39, 0.29) is 11.3 Å². The number of carbonyl (C=O) groups is 1. The molecule has 0 aromatic heterocycles. The number of phenols is 1. The summed E-state index contributed by atoms with van der Waals surface area (Å²) >= 11 is 0. The Labute approximate surface area is 85.8 Å². The summed E-state index contributed by atoms with van der Waals surface area (Å²) in [5, 5.41) is 19.5. The number of nitrogens with zero attached hydrogens (tertiary/aromatic N) is 1. The minimum absolute atomic E-state index is 0.0702. The molecule has 1 N–H and O–H groups in total. The SMILES string of the molecule is O=CC(=CC[N+](=O)[O-])c1ccccc1O. The van der Waals surface area contributed by atoms with Crippen molar-refractivity contribution in [3.05, 3.63) is 46.0 Å². The highest BCUT2D eigenvalue weighted by atomic mass is 16.6. The van der Waals surface area contributed by atoms with Crippen LogP contribution in [-0.2, 0) is 4.79 Å². The number of hydrogen-bond donors (Lipinski definition) is 1. The van der Waals surface area contributed by atoms with Gasteiger partial charge in [0, 0.05) is 16.1 Å². The molecule has 0 saturated carbocycles. The van der Waals surface area contributed by atoms with Gasteiger partial charge in [-0.3, -0.25) is 14.9 Å². The van der Waals surface area contributed by atoms with E-state index in [0.29, 0.717) is 11.8 Å². The molecule has 0 heterocycles. The van der Waals surface area contributed by atoms with Crippen molar-refractivity contribution in [2.75, 3.05) is 6.54 Å². The predicted octanol–water partition coefficient (Wildman–Crippen LogP) is 1.25. The molecule has 0 fully saturated rings. The van der Waals surface area contributed by atoms with Crippen LogP contribution in [0.5, 0.6) is 5.75 Å². The molecule has 0 bridgehead atoms. The second-order valence-corrected chi connectivity index (χ2v) is 2.81. The first-order valence-electron chi connectivity index (χ1n) is 4.20. The van der Waals surface area contributed by atoms with Crippen LogP contribution < -0.4 is 0 Å². The van der Waals surface area contributed by atoms with Gasteiger partial charge in [0.25, 0.3) is 0 Å². The van der Waals surface area contributed by atoms with Crippen molar-refractivity contribution in [1.82, 2.24) is 0 Å². The molecule has 0 spiro atoms. The van der Waals surface area contributed by atoms with E-state index in [9.17, 15) is 20.0 Å². The van der Waals surface area contributed by atoms with E-state index in [0.717, 1.165) is 0 Å². The molecular formula is C10H9NO4. The number of rotatable bonds is 4. The highest BCUT2D eigenvalue weighted by Crippen LogP contribution is 2.22. The lowest BCUT2D eigenvalue weighted by Crippen LogP contribution is -1.98. The van der Waals surface area contributed by atoms with Crippen LogP contribution in [0.1, 0.15) is 5.56 Å². The molecule has 0 aliphatic heterocycles. The third-order valence-electron chi connectivity index (χ3n) is 1.80. The average molecular weight is 207 g/mol. The van der Waals surface area contributed by atoms with Crippen LogP contribution in [0.4, 0.5) is 0 Å². The molecular weight excluding hydrogens is 198 g/mol. The van der Waals surface area contributed by atoms with Gasteiger partial charge in [-0.25, -0.2) is 0 Å². The molecule has 78 valence electrons. The van der Waals surface area contributed by atoms with Crippen molar-refractivity contribution in [1.29, 1.82) is 0 Å². The maximum Gasteiger partial charge on any atom is 0.223 e. The molecule has 0 atom stereocenters. The molecule has 15 heavy (non-hydrogen) atoms. The number of hydrogen-bond acceptors (Lipinski definition) is 4. The average Bonchev–Trinajstić information content (AvgIpc) is 2.21. The largest absolute Gasteiger partial charge is 0.507 e. The number of carbonyl (C=O) groups excluding carboxylic acids is 1. The summed E-state index contributed by atoms with van der Waals surface area (Å²) in [5.74, 6) is -0.0702. The standard InChI is InChI=1S/C10H9NO4/c12-7-8(5-6-11(14)15)9-3-1-2-4-10(9)13/h1-5,7,13H,6H2. The predicted molar refractivity (Wildman–Crippen MR) is 54.0 cm³/mol. The normalized spacial score (nSPS) is 11.1. The number of phenolic OH excluding ortho intramolecular Hbond substituents is 1. The number of aldehydes is 1. The molecule has 0 amide bonds. The lowest BCUT2D eigenvalue weighted by atomic mass is 10.1. The monoisotopic (exact) mass is 207 g/mol. The zero-order valence-electron chi connectivity index (χ0n) is 7.79. The van der Waals surface area contributed by atoms with Gasteiger partial charge in [0.05, 0.1) is 0 Å². The summed E-state index contributed by atoms with van der Waals surface area (Å²) < 4.78 is 0. The first-order valence-corrected chi connectivity index (χ1v) is 4.20. The van der Waals surface area contributed by atoms with Gasteiger partial charge in [-0.05, 0) is 12.1 Å². The maximum atomic E-state index is 10.7. The second kappa shape index (κ2) is 4.90. The number of nitro groups is 1. The van der Waals surface area contributed by atoms with Crippen LogP contribution in [0.2, 0.25) is 0 Å². The van der Waals surface area contributed by atoms with Crippen LogP contribution in [-0.4, -0.2) is 22.9 Å². The van der Waals surface area contributed by atoms with Crippen LogP contribution in [0, 0.1) is 10.1 Å². The summed E-state index contributed by atoms with van der Waals surface area (Å²) in [7, 11) is 0. The van der Waals surface area contributed by atoms with Crippen LogP contribution >= 0.6 is 0 Å². The zero-order chi connectivity index (χ0) is 11.3. The minimum atomic E-state index is -0.552. The third-order valence-corrected chi connectivity index (χ3v) is 1.80. The quantitative estimate of drug-likeness (QED) is 0.348. The van der Waals surface area contributed by atoms with E-state index >= 15 is 0 Å². The summed E-state index contributed by atoms with van der Waals surface area (Å²) in [4.78, 5) is 20.2. The van der Waals surface area contributed by atoms with Crippen molar-refractivity contribution in [2.45, 2.75) is 0 Å². The Balaban J connectivity index is 3.02. The van der Waals surface area contributed by atoms with Crippen molar-refractivity contribution in [2.24, 2.45) is 0 Å². The van der Waals surface area contributed by atoms with E-state index in [1.54, 1.807) is 12.1 Å². The Morgan fingerprint density at radius 1 is 1.47 bits per heavy atom. The molecule has 1 rings (SSSR count).